The Hall–Kier alpha value is -1.94. The van der Waals surface area contributed by atoms with Gasteiger partial charge in [0.2, 0.25) is 15.9 Å². The van der Waals surface area contributed by atoms with Gasteiger partial charge in [0.15, 0.2) is 0 Å². The van der Waals surface area contributed by atoms with Gasteiger partial charge in [0.1, 0.15) is 4.88 Å². The number of nitrogens with one attached hydrogen (secondary N) is 1. The van der Waals surface area contributed by atoms with Crippen LogP contribution >= 0.6 is 22.9 Å². The lowest BCUT2D eigenvalue weighted by atomic mass is 9.99. The third-order valence-electron chi connectivity index (χ3n) is 4.50. The van der Waals surface area contributed by atoms with E-state index < -0.39 is 21.9 Å². The number of benzene rings is 1. The molecule has 0 bridgehead atoms. The van der Waals surface area contributed by atoms with Gasteiger partial charge < -0.3 is 10.1 Å². The van der Waals surface area contributed by atoms with Crippen molar-refractivity contribution in [1.82, 2.24) is 4.31 Å². The maximum Gasteiger partial charge on any atom is 0.350 e. The van der Waals surface area contributed by atoms with Crippen molar-refractivity contribution in [3.05, 3.63) is 45.6 Å². The number of hydrogen-bond acceptors (Lipinski definition) is 6. The Morgan fingerprint density at radius 3 is 2.64 bits per heavy atom. The van der Waals surface area contributed by atoms with Crippen LogP contribution in [0.15, 0.2) is 40.6 Å². The molecule has 1 aliphatic rings. The number of methoxy groups -OCH3 is 1. The lowest BCUT2D eigenvalue weighted by molar-refractivity contribution is -0.120. The van der Waals surface area contributed by atoms with Gasteiger partial charge in [0.05, 0.1) is 23.6 Å². The molecule has 1 aromatic heterocycles. The Morgan fingerprint density at radius 1 is 1.25 bits per heavy atom. The molecule has 1 fully saturated rings. The Kier molecular flexibility index (Phi) is 6.39. The normalized spacial score (nSPS) is 17.9. The topological polar surface area (TPSA) is 92.8 Å². The van der Waals surface area contributed by atoms with Gasteiger partial charge in [-0.1, -0.05) is 11.6 Å². The van der Waals surface area contributed by atoms with Crippen LogP contribution in [0, 0.1) is 5.92 Å². The molecule has 0 saturated carbocycles. The summed E-state index contributed by atoms with van der Waals surface area (Å²) in [5.41, 5.74) is 0.375. The van der Waals surface area contributed by atoms with E-state index in [1.54, 1.807) is 11.4 Å². The molecular formula is C18H19ClN2O5S2. The van der Waals surface area contributed by atoms with Gasteiger partial charge in [-0.2, -0.15) is 4.31 Å². The van der Waals surface area contributed by atoms with Crippen molar-refractivity contribution in [2.75, 3.05) is 25.5 Å². The van der Waals surface area contributed by atoms with E-state index in [1.165, 1.54) is 47.0 Å². The van der Waals surface area contributed by atoms with Crippen LogP contribution in [0.4, 0.5) is 5.69 Å². The predicted octanol–water partition coefficient (Wildman–Crippen LogP) is 3.23. The van der Waals surface area contributed by atoms with E-state index in [0.29, 0.717) is 35.0 Å². The maximum atomic E-state index is 12.9. The van der Waals surface area contributed by atoms with E-state index >= 15 is 0 Å². The maximum absolute atomic E-state index is 12.9. The number of anilines is 1. The highest BCUT2D eigenvalue weighted by molar-refractivity contribution is 7.89. The average Bonchev–Trinajstić information content (AvgIpc) is 3.16. The summed E-state index contributed by atoms with van der Waals surface area (Å²) in [7, 11) is -2.44. The second-order valence-electron chi connectivity index (χ2n) is 6.30. The molecule has 1 atom stereocenters. The smallest absolute Gasteiger partial charge is 0.350 e. The van der Waals surface area contributed by atoms with E-state index in [-0.39, 0.29) is 17.3 Å². The van der Waals surface area contributed by atoms with Crippen LogP contribution in [0.3, 0.4) is 0 Å². The van der Waals surface area contributed by atoms with Crippen LogP contribution < -0.4 is 5.32 Å². The Bertz CT molecular complexity index is 972. The first-order valence-electron chi connectivity index (χ1n) is 8.55. The Labute approximate surface area is 172 Å². The number of carbonyl (C=O) groups is 2. The van der Waals surface area contributed by atoms with Crippen LogP contribution in [-0.2, 0) is 19.6 Å². The van der Waals surface area contributed by atoms with E-state index in [1.807, 2.05) is 0 Å². The summed E-state index contributed by atoms with van der Waals surface area (Å²) in [6.45, 7) is 0.426. The number of hydrogen-bond donors (Lipinski definition) is 1. The van der Waals surface area contributed by atoms with Crippen molar-refractivity contribution in [1.29, 1.82) is 0 Å². The number of amides is 1. The lowest BCUT2D eigenvalue weighted by Gasteiger charge is -2.31. The van der Waals surface area contributed by atoms with Crippen molar-refractivity contribution in [2.24, 2.45) is 5.92 Å². The molecule has 3 rings (SSSR count). The van der Waals surface area contributed by atoms with Gasteiger partial charge in [-0.15, -0.1) is 11.3 Å². The standard InChI is InChI=1S/C18H19ClN2O5S2/c1-26-18(23)16-15(8-10-27-16)20-17(22)12-3-2-9-21(11-12)28(24,25)14-6-4-13(19)5-7-14/h4-8,10,12H,2-3,9,11H2,1H3,(H,20,22)/t12-/m0/s1. The van der Waals surface area contributed by atoms with Crippen molar-refractivity contribution >= 4 is 50.5 Å². The first-order chi connectivity index (χ1) is 13.3. The third-order valence-corrected chi connectivity index (χ3v) is 7.53. The first kappa shape index (κ1) is 20.8. The van der Waals surface area contributed by atoms with Crippen molar-refractivity contribution in [2.45, 2.75) is 17.7 Å². The molecular weight excluding hydrogens is 424 g/mol. The van der Waals surface area contributed by atoms with E-state index in [4.69, 9.17) is 16.3 Å². The van der Waals surface area contributed by atoms with Gasteiger partial charge >= 0.3 is 5.97 Å². The van der Waals surface area contributed by atoms with E-state index in [0.717, 1.165) is 0 Å². The number of esters is 1. The number of thiophene rings is 1. The summed E-state index contributed by atoms with van der Waals surface area (Å²) in [4.78, 5) is 24.9. The fourth-order valence-corrected chi connectivity index (χ4v) is 5.44. The zero-order valence-corrected chi connectivity index (χ0v) is 17.4. The lowest BCUT2D eigenvalue weighted by Crippen LogP contribution is -2.43. The van der Waals surface area contributed by atoms with Crippen LogP contribution in [0.25, 0.3) is 0 Å². The molecule has 0 radical (unpaired) electrons. The summed E-state index contributed by atoms with van der Waals surface area (Å²) in [5, 5.41) is 4.86. The summed E-state index contributed by atoms with van der Waals surface area (Å²) in [5.74, 6) is -1.36. The van der Waals surface area contributed by atoms with Crippen LogP contribution in [-0.4, -0.2) is 44.8 Å². The van der Waals surface area contributed by atoms with Crippen molar-refractivity contribution in [3.63, 3.8) is 0 Å². The minimum Gasteiger partial charge on any atom is -0.465 e. The van der Waals surface area contributed by atoms with Crippen molar-refractivity contribution < 1.29 is 22.7 Å². The minimum atomic E-state index is -3.71. The van der Waals surface area contributed by atoms with Crippen LogP contribution in [0.5, 0.6) is 0 Å². The quantitative estimate of drug-likeness (QED) is 0.717. The van der Waals surface area contributed by atoms with Gasteiger partial charge in [-0.3, -0.25) is 4.79 Å². The summed E-state index contributed by atoms with van der Waals surface area (Å²) in [6.07, 6.45) is 1.13. The summed E-state index contributed by atoms with van der Waals surface area (Å²) < 4.78 is 31.7. The summed E-state index contributed by atoms with van der Waals surface area (Å²) in [6, 6.07) is 7.57. The van der Waals surface area contributed by atoms with Gasteiger partial charge in [0, 0.05) is 18.1 Å². The van der Waals surface area contributed by atoms with Crippen molar-refractivity contribution in [3.8, 4) is 0 Å². The monoisotopic (exact) mass is 442 g/mol. The van der Waals surface area contributed by atoms with Crippen LogP contribution in [0.2, 0.25) is 5.02 Å². The first-order valence-corrected chi connectivity index (χ1v) is 11.2. The number of piperidine rings is 1. The Balaban J connectivity index is 1.72. The molecule has 7 nitrogen and oxygen atoms in total. The average molecular weight is 443 g/mol. The molecule has 2 heterocycles. The molecule has 1 saturated heterocycles. The number of ether oxygens (including phenoxy) is 1. The molecule has 10 heteroatoms. The molecule has 1 N–H and O–H groups in total. The molecule has 0 aliphatic carbocycles. The SMILES string of the molecule is COC(=O)c1sccc1NC(=O)[C@H]1CCCN(S(=O)(=O)c2ccc(Cl)cc2)C1. The van der Waals surface area contributed by atoms with Gasteiger partial charge in [-0.05, 0) is 48.6 Å². The largest absolute Gasteiger partial charge is 0.465 e. The van der Waals surface area contributed by atoms with E-state index in [9.17, 15) is 18.0 Å². The number of carbonyl (C=O) groups excluding carboxylic acids is 2. The summed E-state index contributed by atoms with van der Waals surface area (Å²) >= 11 is 7.00. The molecule has 150 valence electrons. The zero-order valence-electron chi connectivity index (χ0n) is 15.1. The second-order valence-corrected chi connectivity index (χ2v) is 9.59. The molecule has 1 amide bonds. The predicted molar refractivity (Wildman–Crippen MR) is 107 cm³/mol. The zero-order chi connectivity index (χ0) is 20.3. The van der Waals surface area contributed by atoms with E-state index in [2.05, 4.69) is 5.32 Å². The highest BCUT2D eigenvalue weighted by atomic mass is 35.5. The molecule has 28 heavy (non-hydrogen) atoms. The molecule has 1 aliphatic heterocycles. The third kappa shape index (κ3) is 4.38. The van der Waals surface area contributed by atoms with Gasteiger partial charge in [-0.25, -0.2) is 13.2 Å². The molecule has 0 spiro atoms. The molecule has 2 aromatic rings. The Morgan fingerprint density at radius 2 is 1.96 bits per heavy atom. The van der Waals surface area contributed by atoms with Gasteiger partial charge in [0.25, 0.3) is 0 Å². The number of rotatable bonds is 5. The highest BCUT2D eigenvalue weighted by Crippen LogP contribution is 2.28. The number of sulfonamides is 1. The minimum absolute atomic E-state index is 0.0779. The highest BCUT2D eigenvalue weighted by Gasteiger charge is 2.33. The second kappa shape index (κ2) is 8.60. The fourth-order valence-electron chi connectivity index (χ4n) is 3.02. The van der Waals surface area contributed by atoms with Crippen LogP contribution in [0.1, 0.15) is 22.5 Å². The fraction of sp³-hybridized carbons (Fsp3) is 0.333. The molecule has 1 aromatic carbocycles. The molecule has 0 unspecified atom stereocenters. The number of halogens is 1. The number of nitrogens with zero attached hydrogens (tertiary/aromatic N) is 1.